The molecule has 0 saturated carbocycles. The minimum Gasteiger partial charge on any atom is -0.381 e. The molecule has 0 spiro atoms. The number of anilines is 2. The standard InChI is InChI=1S/C11H13ClN2O/c1-6-3-8(12)10-9(4-6)14-11(15)7(2)5-13-10/h3-4,7,13H,5H2,1-2H3,(H,14,15). The molecule has 1 unspecified atom stereocenters. The zero-order valence-electron chi connectivity index (χ0n) is 8.73. The Bertz CT molecular complexity index is 417. The van der Waals surface area contributed by atoms with E-state index in [0.717, 1.165) is 16.9 Å². The summed E-state index contributed by atoms with van der Waals surface area (Å²) in [6, 6.07) is 3.81. The molecule has 1 aliphatic rings. The van der Waals surface area contributed by atoms with Crippen LogP contribution >= 0.6 is 11.6 Å². The van der Waals surface area contributed by atoms with Gasteiger partial charge in [-0.05, 0) is 24.6 Å². The molecule has 1 atom stereocenters. The van der Waals surface area contributed by atoms with Crippen LogP contribution in [0.5, 0.6) is 0 Å². The fraction of sp³-hybridized carbons (Fsp3) is 0.364. The molecule has 1 heterocycles. The van der Waals surface area contributed by atoms with E-state index in [2.05, 4.69) is 10.6 Å². The maximum Gasteiger partial charge on any atom is 0.229 e. The molecule has 80 valence electrons. The Labute approximate surface area is 93.8 Å². The van der Waals surface area contributed by atoms with E-state index < -0.39 is 0 Å². The van der Waals surface area contributed by atoms with E-state index in [9.17, 15) is 4.79 Å². The molecule has 2 rings (SSSR count). The number of carbonyl (C=O) groups is 1. The van der Waals surface area contributed by atoms with Gasteiger partial charge in [0.25, 0.3) is 0 Å². The molecule has 15 heavy (non-hydrogen) atoms. The summed E-state index contributed by atoms with van der Waals surface area (Å²) in [5.74, 6) is -0.0170. The normalized spacial score (nSPS) is 19.9. The predicted molar refractivity (Wildman–Crippen MR) is 62.5 cm³/mol. The number of carbonyl (C=O) groups excluding carboxylic acids is 1. The lowest BCUT2D eigenvalue weighted by molar-refractivity contribution is -0.118. The van der Waals surface area contributed by atoms with Crippen molar-refractivity contribution >= 4 is 28.9 Å². The van der Waals surface area contributed by atoms with Gasteiger partial charge in [-0.1, -0.05) is 18.5 Å². The number of nitrogens with one attached hydrogen (secondary N) is 2. The number of amides is 1. The Kier molecular flexibility index (Phi) is 2.57. The first kappa shape index (κ1) is 10.3. The average molecular weight is 225 g/mol. The van der Waals surface area contributed by atoms with Crippen molar-refractivity contribution in [2.24, 2.45) is 5.92 Å². The number of benzene rings is 1. The van der Waals surface area contributed by atoms with Gasteiger partial charge in [0.05, 0.1) is 22.3 Å². The van der Waals surface area contributed by atoms with Gasteiger partial charge in [-0.15, -0.1) is 0 Å². The van der Waals surface area contributed by atoms with Crippen LogP contribution in [-0.4, -0.2) is 12.5 Å². The van der Waals surface area contributed by atoms with Crippen LogP contribution in [0.3, 0.4) is 0 Å². The molecular formula is C11H13ClN2O. The highest BCUT2D eigenvalue weighted by atomic mass is 35.5. The summed E-state index contributed by atoms with van der Waals surface area (Å²) in [7, 11) is 0. The highest BCUT2D eigenvalue weighted by Gasteiger charge is 2.20. The Balaban J connectivity index is 2.47. The molecule has 2 N–H and O–H groups in total. The van der Waals surface area contributed by atoms with Crippen LogP contribution in [0, 0.1) is 12.8 Å². The minimum atomic E-state index is -0.0474. The second-order valence-electron chi connectivity index (χ2n) is 3.94. The number of hydrogen-bond donors (Lipinski definition) is 2. The quantitative estimate of drug-likeness (QED) is 0.712. The third kappa shape index (κ3) is 1.92. The summed E-state index contributed by atoms with van der Waals surface area (Å²) in [6.45, 7) is 4.45. The minimum absolute atomic E-state index is 0.0305. The second-order valence-corrected chi connectivity index (χ2v) is 4.35. The van der Waals surface area contributed by atoms with E-state index in [1.54, 1.807) is 0 Å². The first-order valence-electron chi connectivity index (χ1n) is 4.93. The SMILES string of the molecule is Cc1cc(Cl)c2c(c1)NC(=O)C(C)CN2. The van der Waals surface area contributed by atoms with E-state index in [-0.39, 0.29) is 11.8 Å². The topological polar surface area (TPSA) is 41.1 Å². The lowest BCUT2D eigenvalue weighted by Crippen LogP contribution is -2.22. The number of fused-ring (bicyclic) bond motifs is 1. The van der Waals surface area contributed by atoms with Crippen molar-refractivity contribution < 1.29 is 4.79 Å². The highest BCUT2D eigenvalue weighted by molar-refractivity contribution is 6.34. The molecule has 0 aromatic heterocycles. The van der Waals surface area contributed by atoms with E-state index in [1.165, 1.54) is 0 Å². The number of rotatable bonds is 0. The second kappa shape index (κ2) is 3.74. The summed E-state index contributed by atoms with van der Waals surface area (Å²) >= 11 is 6.10. The summed E-state index contributed by atoms with van der Waals surface area (Å²) in [6.07, 6.45) is 0. The first-order valence-corrected chi connectivity index (χ1v) is 5.30. The highest BCUT2D eigenvalue weighted by Crippen LogP contribution is 2.33. The Morgan fingerprint density at radius 2 is 2.20 bits per heavy atom. The molecule has 0 aliphatic carbocycles. The summed E-state index contributed by atoms with van der Waals surface area (Å²) < 4.78 is 0. The van der Waals surface area contributed by atoms with Crippen molar-refractivity contribution in [2.45, 2.75) is 13.8 Å². The average Bonchev–Trinajstić information content (AvgIpc) is 2.27. The summed E-state index contributed by atoms with van der Waals surface area (Å²) in [4.78, 5) is 11.6. The molecule has 0 saturated heterocycles. The van der Waals surface area contributed by atoms with Gasteiger partial charge < -0.3 is 10.6 Å². The molecule has 0 fully saturated rings. The van der Waals surface area contributed by atoms with Gasteiger partial charge in [-0.2, -0.15) is 0 Å². The molecule has 3 nitrogen and oxygen atoms in total. The molecule has 0 radical (unpaired) electrons. The zero-order valence-corrected chi connectivity index (χ0v) is 9.48. The zero-order chi connectivity index (χ0) is 11.0. The molecular weight excluding hydrogens is 212 g/mol. The molecule has 4 heteroatoms. The van der Waals surface area contributed by atoms with Crippen LogP contribution < -0.4 is 10.6 Å². The van der Waals surface area contributed by atoms with Crippen LogP contribution in [0.1, 0.15) is 12.5 Å². The van der Waals surface area contributed by atoms with Gasteiger partial charge in [0.1, 0.15) is 0 Å². The monoisotopic (exact) mass is 224 g/mol. The van der Waals surface area contributed by atoms with Crippen molar-refractivity contribution in [3.8, 4) is 0 Å². The van der Waals surface area contributed by atoms with Crippen LogP contribution in [0.25, 0.3) is 0 Å². The predicted octanol–water partition coefficient (Wildman–Crippen LogP) is 2.65. The van der Waals surface area contributed by atoms with Gasteiger partial charge in [0, 0.05) is 6.54 Å². The largest absolute Gasteiger partial charge is 0.381 e. The van der Waals surface area contributed by atoms with E-state index in [4.69, 9.17) is 11.6 Å². The van der Waals surface area contributed by atoms with Crippen molar-refractivity contribution in [2.75, 3.05) is 17.2 Å². The number of halogens is 1. The summed E-state index contributed by atoms with van der Waals surface area (Å²) in [5, 5.41) is 6.71. The molecule has 1 aromatic rings. The van der Waals surface area contributed by atoms with E-state index >= 15 is 0 Å². The van der Waals surface area contributed by atoms with Crippen molar-refractivity contribution in [3.05, 3.63) is 22.7 Å². The van der Waals surface area contributed by atoms with Crippen molar-refractivity contribution in [3.63, 3.8) is 0 Å². The van der Waals surface area contributed by atoms with E-state index in [0.29, 0.717) is 11.6 Å². The van der Waals surface area contributed by atoms with Gasteiger partial charge in [-0.25, -0.2) is 0 Å². The maximum absolute atomic E-state index is 11.6. The Morgan fingerprint density at radius 1 is 1.47 bits per heavy atom. The fourth-order valence-corrected chi connectivity index (χ4v) is 1.96. The Morgan fingerprint density at radius 3 is 2.93 bits per heavy atom. The maximum atomic E-state index is 11.6. The molecule has 0 bridgehead atoms. The molecule has 1 aromatic carbocycles. The van der Waals surface area contributed by atoms with Crippen LogP contribution in [0.15, 0.2) is 12.1 Å². The van der Waals surface area contributed by atoms with Crippen LogP contribution in [0.2, 0.25) is 5.02 Å². The van der Waals surface area contributed by atoms with Crippen molar-refractivity contribution in [1.29, 1.82) is 0 Å². The van der Waals surface area contributed by atoms with E-state index in [1.807, 2.05) is 26.0 Å². The molecule has 1 amide bonds. The first-order chi connectivity index (χ1) is 7.08. The number of hydrogen-bond acceptors (Lipinski definition) is 2. The van der Waals surface area contributed by atoms with Gasteiger partial charge >= 0.3 is 0 Å². The Hall–Kier alpha value is -1.22. The van der Waals surface area contributed by atoms with Gasteiger partial charge in [-0.3, -0.25) is 4.79 Å². The fourth-order valence-electron chi connectivity index (χ4n) is 1.62. The van der Waals surface area contributed by atoms with Gasteiger partial charge in [0.15, 0.2) is 0 Å². The van der Waals surface area contributed by atoms with Crippen LogP contribution in [0.4, 0.5) is 11.4 Å². The summed E-state index contributed by atoms with van der Waals surface area (Å²) in [5.41, 5.74) is 2.63. The van der Waals surface area contributed by atoms with Crippen LogP contribution in [-0.2, 0) is 4.79 Å². The van der Waals surface area contributed by atoms with Gasteiger partial charge in [0.2, 0.25) is 5.91 Å². The lowest BCUT2D eigenvalue weighted by atomic mass is 10.2. The smallest absolute Gasteiger partial charge is 0.229 e. The molecule has 1 aliphatic heterocycles. The number of aryl methyl sites for hydroxylation is 1. The third-order valence-electron chi connectivity index (χ3n) is 2.53. The third-order valence-corrected chi connectivity index (χ3v) is 2.82. The van der Waals surface area contributed by atoms with Crippen molar-refractivity contribution in [1.82, 2.24) is 0 Å². The lowest BCUT2D eigenvalue weighted by Gasteiger charge is -2.10.